The van der Waals surface area contributed by atoms with E-state index < -0.39 is 10.0 Å². The third-order valence-corrected chi connectivity index (χ3v) is 5.45. The van der Waals surface area contributed by atoms with E-state index in [0.717, 1.165) is 6.42 Å². The van der Waals surface area contributed by atoms with Crippen molar-refractivity contribution in [3.63, 3.8) is 0 Å². The highest BCUT2D eigenvalue weighted by Gasteiger charge is 2.24. The fourth-order valence-corrected chi connectivity index (χ4v) is 3.53. The lowest BCUT2D eigenvalue weighted by Crippen LogP contribution is -2.50. The first kappa shape index (κ1) is 17.9. The molecule has 0 aliphatic carbocycles. The molecule has 0 bridgehead atoms. The zero-order chi connectivity index (χ0) is 16.9. The molecule has 1 saturated heterocycles. The standard InChI is InChI=1S/C16H25N3O3S/c1-14-5-3-4-6-15(14)7-8-17-16(20)13-18-9-11-19(12-10-18)23(2,21)22/h3-6H,7-13H2,1-2H3,(H,17,20). The molecule has 1 heterocycles. The Balaban J connectivity index is 1.69. The van der Waals surface area contributed by atoms with Gasteiger partial charge in [-0.3, -0.25) is 9.69 Å². The molecule has 23 heavy (non-hydrogen) atoms. The molecular formula is C16H25N3O3S. The maximum atomic E-state index is 12.0. The number of benzene rings is 1. The van der Waals surface area contributed by atoms with Crippen LogP contribution in [0, 0.1) is 6.92 Å². The van der Waals surface area contributed by atoms with E-state index in [2.05, 4.69) is 24.4 Å². The molecular weight excluding hydrogens is 314 g/mol. The second-order valence-electron chi connectivity index (χ2n) is 5.96. The van der Waals surface area contributed by atoms with E-state index in [1.807, 2.05) is 17.0 Å². The van der Waals surface area contributed by atoms with Gasteiger partial charge in [-0.1, -0.05) is 24.3 Å². The zero-order valence-corrected chi connectivity index (χ0v) is 14.6. The van der Waals surface area contributed by atoms with E-state index in [0.29, 0.717) is 39.3 Å². The molecule has 1 fully saturated rings. The van der Waals surface area contributed by atoms with Crippen molar-refractivity contribution < 1.29 is 13.2 Å². The van der Waals surface area contributed by atoms with Crippen LogP contribution in [0.25, 0.3) is 0 Å². The summed E-state index contributed by atoms with van der Waals surface area (Å²) < 4.78 is 24.4. The number of carbonyl (C=O) groups is 1. The Labute approximate surface area is 138 Å². The van der Waals surface area contributed by atoms with Crippen molar-refractivity contribution in [2.75, 3.05) is 45.5 Å². The van der Waals surface area contributed by atoms with Crippen molar-refractivity contribution in [3.05, 3.63) is 35.4 Å². The summed E-state index contributed by atoms with van der Waals surface area (Å²) in [4.78, 5) is 14.0. The Kier molecular flexibility index (Phi) is 6.15. The van der Waals surface area contributed by atoms with Crippen molar-refractivity contribution in [2.45, 2.75) is 13.3 Å². The van der Waals surface area contributed by atoms with Crippen LogP contribution in [-0.4, -0.2) is 69.1 Å². The average Bonchev–Trinajstić information content (AvgIpc) is 2.49. The van der Waals surface area contributed by atoms with Crippen molar-refractivity contribution in [2.24, 2.45) is 0 Å². The Bertz CT molecular complexity index is 638. The van der Waals surface area contributed by atoms with Crippen LogP contribution in [0.15, 0.2) is 24.3 Å². The molecule has 0 saturated carbocycles. The molecule has 1 aromatic carbocycles. The van der Waals surface area contributed by atoms with Gasteiger partial charge in [-0.2, -0.15) is 4.31 Å². The summed E-state index contributed by atoms with van der Waals surface area (Å²) in [5.74, 6) is -0.00797. The Hall–Kier alpha value is -1.44. The van der Waals surface area contributed by atoms with Crippen molar-refractivity contribution in [3.8, 4) is 0 Å². The number of piperazine rings is 1. The number of nitrogens with one attached hydrogen (secondary N) is 1. The quantitative estimate of drug-likeness (QED) is 0.806. The summed E-state index contributed by atoms with van der Waals surface area (Å²) in [5, 5.41) is 2.93. The monoisotopic (exact) mass is 339 g/mol. The molecule has 128 valence electrons. The van der Waals surface area contributed by atoms with Crippen LogP contribution in [0.2, 0.25) is 0 Å². The molecule has 0 atom stereocenters. The van der Waals surface area contributed by atoms with Gasteiger partial charge in [0.1, 0.15) is 0 Å². The van der Waals surface area contributed by atoms with Crippen molar-refractivity contribution >= 4 is 15.9 Å². The van der Waals surface area contributed by atoms with Crippen LogP contribution in [0.1, 0.15) is 11.1 Å². The molecule has 0 spiro atoms. The largest absolute Gasteiger partial charge is 0.355 e. The van der Waals surface area contributed by atoms with Crippen LogP contribution in [0.3, 0.4) is 0 Å². The van der Waals surface area contributed by atoms with Crippen LogP contribution >= 0.6 is 0 Å². The SMILES string of the molecule is Cc1ccccc1CCNC(=O)CN1CCN(S(C)(=O)=O)CC1. The van der Waals surface area contributed by atoms with Gasteiger partial charge < -0.3 is 5.32 Å². The van der Waals surface area contributed by atoms with E-state index >= 15 is 0 Å². The van der Waals surface area contributed by atoms with Gasteiger partial charge in [0.25, 0.3) is 0 Å². The Morgan fingerprint density at radius 2 is 1.83 bits per heavy atom. The molecule has 1 aromatic rings. The lowest BCUT2D eigenvalue weighted by Gasteiger charge is -2.32. The van der Waals surface area contributed by atoms with E-state index in [1.165, 1.54) is 21.7 Å². The van der Waals surface area contributed by atoms with Crippen LogP contribution in [0.4, 0.5) is 0 Å². The van der Waals surface area contributed by atoms with Gasteiger partial charge in [0.15, 0.2) is 0 Å². The minimum absolute atomic E-state index is 0.00797. The molecule has 1 N–H and O–H groups in total. The molecule has 2 rings (SSSR count). The molecule has 6 nitrogen and oxygen atoms in total. The van der Waals surface area contributed by atoms with Gasteiger partial charge in [-0.05, 0) is 24.5 Å². The number of rotatable bonds is 6. The maximum Gasteiger partial charge on any atom is 0.234 e. The minimum atomic E-state index is -3.12. The first-order valence-electron chi connectivity index (χ1n) is 7.85. The number of sulfonamides is 1. The number of carbonyl (C=O) groups excluding carboxylic acids is 1. The van der Waals surface area contributed by atoms with Crippen LogP contribution in [-0.2, 0) is 21.2 Å². The average molecular weight is 339 g/mol. The molecule has 1 aliphatic heterocycles. The summed E-state index contributed by atoms with van der Waals surface area (Å²) in [6.45, 7) is 5.11. The van der Waals surface area contributed by atoms with Gasteiger partial charge in [0.05, 0.1) is 12.8 Å². The summed E-state index contributed by atoms with van der Waals surface area (Å²) >= 11 is 0. The van der Waals surface area contributed by atoms with Gasteiger partial charge in [-0.15, -0.1) is 0 Å². The highest BCUT2D eigenvalue weighted by molar-refractivity contribution is 7.88. The highest BCUT2D eigenvalue weighted by Crippen LogP contribution is 2.07. The van der Waals surface area contributed by atoms with Crippen molar-refractivity contribution in [1.29, 1.82) is 0 Å². The third kappa shape index (κ3) is 5.60. The first-order valence-corrected chi connectivity index (χ1v) is 9.70. The number of aryl methyl sites for hydroxylation is 1. The van der Waals surface area contributed by atoms with Crippen molar-refractivity contribution in [1.82, 2.24) is 14.5 Å². The van der Waals surface area contributed by atoms with E-state index in [9.17, 15) is 13.2 Å². The van der Waals surface area contributed by atoms with Crippen LogP contribution in [0.5, 0.6) is 0 Å². The van der Waals surface area contributed by atoms with Crippen LogP contribution < -0.4 is 5.32 Å². The summed E-state index contributed by atoms with van der Waals surface area (Å²) in [5.41, 5.74) is 2.48. The topological polar surface area (TPSA) is 69.7 Å². The zero-order valence-electron chi connectivity index (χ0n) is 13.8. The smallest absolute Gasteiger partial charge is 0.234 e. The number of hydrogen-bond acceptors (Lipinski definition) is 4. The summed E-state index contributed by atoms with van der Waals surface area (Å²) in [6.07, 6.45) is 2.04. The maximum absolute atomic E-state index is 12.0. The molecule has 7 heteroatoms. The fraction of sp³-hybridized carbons (Fsp3) is 0.562. The predicted molar refractivity (Wildman–Crippen MR) is 90.7 cm³/mol. The number of hydrogen-bond donors (Lipinski definition) is 1. The lowest BCUT2D eigenvalue weighted by atomic mass is 10.1. The summed E-state index contributed by atoms with van der Waals surface area (Å²) in [6, 6.07) is 8.16. The van der Waals surface area contributed by atoms with Gasteiger partial charge in [-0.25, -0.2) is 8.42 Å². The fourth-order valence-electron chi connectivity index (χ4n) is 2.71. The molecule has 0 radical (unpaired) electrons. The van der Waals surface area contributed by atoms with Gasteiger partial charge in [0, 0.05) is 32.7 Å². The number of amides is 1. The van der Waals surface area contributed by atoms with E-state index in [-0.39, 0.29) is 5.91 Å². The second kappa shape index (κ2) is 7.90. The normalized spacial score (nSPS) is 17.1. The molecule has 1 amide bonds. The predicted octanol–water partition coefficient (Wildman–Crippen LogP) is 0.231. The lowest BCUT2D eigenvalue weighted by molar-refractivity contribution is -0.122. The Morgan fingerprint density at radius 1 is 1.17 bits per heavy atom. The molecule has 0 aromatic heterocycles. The first-order chi connectivity index (χ1) is 10.9. The van der Waals surface area contributed by atoms with E-state index in [1.54, 1.807) is 0 Å². The molecule has 0 unspecified atom stereocenters. The molecule has 1 aliphatic rings. The number of nitrogens with zero attached hydrogens (tertiary/aromatic N) is 2. The highest BCUT2D eigenvalue weighted by atomic mass is 32.2. The van der Waals surface area contributed by atoms with Gasteiger partial charge in [0.2, 0.25) is 15.9 Å². The second-order valence-corrected chi connectivity index (χ2v) is 7.95. The minimum Gasteiger partial charge on any atom is -0.355 e. The third-order valence-electron chi connectivity index (χ3n) is 4.15. The van der Waals surface area contributed by atoms with E-state index in [4.69, 9.17) is 0 Å². The summed E-state index contributed by atoms with van der Waals surface area (Å²) in [7, 11) is -3.12. The van der Waals surface area contributed by atoms with Gasteiger partial charge >= 0.3 is 0 Å². The Morgan fingerprint density at radius 3 is 2.43 bits per heavy atom.